The smallest absolute Gasteiger partial charge is 0.0367 e. The van der Waals surface area contributed by atoms with Gasteiger partial charge >= 0.3 is 0 Å². The lowest BCUT2D eigenvalue weighted by molar-refractivity contribution is 0.244. The van der Waals surface area contributed by atoms with Gasteiger partial charge in [-0.1, -0.05) is 32.0 Å². The molecule has 1 saturated heterocycles. The quantitative estimate of drug-likeness (QED) is 0.787. The van der Waals surface area contributed by atoms with Crippen LogP contribution in [0, 0.1) is 5.92 Å². The summed E-state index contributed by atoms with van der Waals surface area (Å²) in [4.78, 5) is 5.09. The van der Waals surface area contributed by atoms with Gasteiger partial charge in [-0.3, -0.25) is 4.90 Å². The van der Waals surface area contributed by atoms with Crippen molar-refractivity contribution >= 4 is 5.69 Å². The number of hydrogen-bond donors (Lipinski definition) is 0. The Balaban J connectivity index is 1.78. The number of anilines is 1. The van der Waals surface area contributed by atoms with Gasteiger partial charge < -0.3 is 4.90 Å². The van der Waals surface area contributed by atoms with Gasteiger partial charge in [-0.2, -0.15) is 0 Å². The van der Waals surface area contributed by atoms with Crippen molar-refractivity contribution in [3.8, 4) is 0 Å². The Labute approximate surface area is 105 Å². The minimum absolute atomic E-state index is 0.821. The van der Waals surface area contributed by atoms with Crippen molar-refractivity contribution in [3.05, 3.63) is 30.3 Å². The van der Waals surface area contributed by atoms with Gasteiger partial charge in [-0.05, 0) is 31.0 Å². The summed E-state index contributed by atoms with van der Waals surface area (Å²) in [5.41, 5.74) is 1.37. The SMILES string of the molecule is CC(C)CCN1CCN(c2ccccc2)CC1. The highest BCUT2D eigenvalue weighted by Gasteiger charge is 2.16. The predicted octanol–water partition coefficient (Wildman–Crippen LogP) is 2.85. The fraction of sp³-hybridized carbons (Fsp3) is 0.600. The second-order valence-electron chi connectivity index (χ2n) is 5.35. The van der Waals surface area contributed by atoms with E-state index in [4.69, 9.17) is 0 Å². The molecule has 0 aromatic heterocycles. The van der Waals surface area contributed by atoms with Crippen molar-refractivity contribution in [1.29, 1.82) is 0 Å². The average Bonchev–Trinajstić information content (AvgIpc) is 2.38. The third kappa shape index (κ3) is 3.74. The first kappa shape index (κ1) is 12.4. The highest BCUT2D eigenvalue weighted by Crippen LogP contribution is 2.15. The molecule has 94 valence electrons. The van der Waals surface area contributed by atoms with E-state index in [9.17, 15) is 0 Å². The first-order chi connectivity index (χ1) is 8.25. The summed E-state index contributed by atoms with van der Waals surface area (Å²) in [7, 11) is 0. The highest BCUT2D eigenvalue weighted by atomic mass is 15.3. The predicted molar refractivity (Wildman–Crippen MR) is 74.6 cm³/mol. The van der Waals surface area contributed by atoms with Crippen LogP contribution in [0.4, 0.5) is 5.69 Å². The van der Waals surface area contributed by atoms with Gasteiger partial charge in [0.25, 0.3) is 0 Å². The molecular formula is C15H24N2. The molecule has 0 spiro atoms. The Bertz CT molecular complexity index is 313. The summed E-state index contributed by atoms with van der Waals surface area (Å²) < 4.78 is 0. The molecule has 1 aromatic rings. The molecule has 0 amide bonds. The normalized spacial score (nSPS) is 17.7. The molecule has 2 rings (SSSR count). The van der Waals surface area contributed by atoms with Gasteiger partial charge in [-0.15, -0.1) is 0 Å². The minimum Gasteiger partial charge on any atom is -0.369 e. The van der Waals surface area contributed by atoms with Crippen LogP contribution in [0.3, 0.4) is 0 Å². The molecule has 1 aromatic carbocycles. The lowest BCUT2D eigenvalue weighted by Crippen LogP contribution is -2.46. The van der Waals surface area contributed by atoms with Gasteiger partial charge in [-0.25, -0.2) is 0 Å². The molecule has 1 aliphatic rings. The first-order valence-electron chi connectivity index (χ1n) is 6.78. The summed E-state index contributed by atoms with van der Waals surface area (Å²) in [5, 5.41) is 0. The van der Waals surface area contributed by atoms with Crippen LogP contribution in [0.5, 0.6) is 0 Å². The largest absolute Gasteiger partial charge is 0.369 e. The lowest BCUT2D eigenvalue weighted by atomic mass is 10.1. The zero-order chi connectivity index (χ0) is 12.1. The molecule has 0 saturated carbocycles. The monoisotopic (exact) mass is 232 g/mol. The van der Waals surface area contributed by atoms with E-state index in [1.54, 1.807) is 0 Å². The van der Waals surface area contributed by atoms with Crippen LogP contribution in [0.2, 0.25) is 0 Å². The molecule has 1 heterocycles. The first-order valence-corrected chi connectivity index (χ1v) is 6.78. The number of benzene rings is 1. The van der Waals surface area contributed by atoms with Gasteiger partial charge in [0.05, 0.1) is 0 Å². The summed E-state index contributed by atoms with van der Waals surface area (Å²) >= 11 is 0. The molecule has 0 N–H and O–H groups in total. The third-order valence-electron chi connectivity index (χ3n) is 3.52. The Hall–Kier alpha value is -1.02. The Morgan fingerprint density at radius 2 is 1.65 bits per heavy atom. The molecule has 1 fully saturated rings. The number of rotatable bonds is 4. The average molecular weight is 232 g/mol. The zero-order valence-electron chi connectivity index (χ0n) is 11.1. The summed E-state index contributed by atoms with van der Waals surface area (Å²) in [6.07, 6.45) is 1.32. The van der Waals surface area contributed by atoms with Crippen LogP contribution in [0.1, 0.15) is 20.3 Å². The molecule has 1 aliphatic heterocycles. The maximum atomic E-state index is 2.60. The van der Waals surface area contributed by atoms with Gasteiger partial charge in [0, 0.05) is 31.9 Å². The van der Waals surface area contributed by atoms with Gasteiger partial charge in [0.15, 0.2) is 0 Å². The number of nitrogens with zero attached hydrogens (tertiary/aromatic N) is 2. The van der Waals surface area contributed by atoms with E-state index in [1.165, 1.54) is 44.8 Å². The van der Waals surface area contributed by atoms with Crippen LogP contribution >= 0.6 is 0 Å². The van der Waals surface area contributed by atoms with Crippen molar-refractivity contribution in [1.82, 2.24) is 4.90 Å². The Morgan fingerprint density at radius 3 is 2.24 bits per heavy atom. The molecule has 0 unspecified atom stereocenters. The molecule has 0 aliphatic carbocycles. The maximum Gasteiger partial charge on any atom is 0.0367 e. The van der Waals surface area contributed by atoms with Crippen LogP contribution in [0.15, 0.2) is 30.3 Å². The number of hydrogen-bond acceptors (Lipinski definition) is 2. The van der Waals surface area contributed by atoms with Crippen molar-refractivity contribution < 1.29 is 0 Å². The lowest BCUT2D eigenvalue weighted by Gasteiger charge is -2.36. The number of para-hydroxylation sites is 1. The maximum absolute atomic E-state index is 2.60. The summed E-state index contributed by atoms with van der Waals surface area (Å²) in [5.74, 6) is 0.821. The zero-order valence-corrected chi connectivity index (χ0v) is 11.1. The molecule has 2 nitrogen and oxygen atoms in total. The standard InChI is InChI=1S/C15H24N2/c1-14(2)8-9-16-10-12-17(13-11-16)15-6-4-3-5-7-15/h3-7,14H,8-13H2,1-2H3. The van der Waals surface area contributed by atoms with Crippen molar-refractivity contribution in [3.63, 3.8) is 0 Å². The van der Waals surface area contributed by atoms with E-state index >= 15 is 0 Å². The molecule has 0 bridgehead atoms. The van der Waals surface area contributed by atoms with Crippen LogP contribution < -0.4 is 4.90 Å². The second kappa shape index (κ2) is 6.06. The van der Waals surface area contributed by atoms with Gasteiger partial charge in [0.2, 0.25) is 0 Å². The van der Waals surface area contributed by atoms with E-state index in [1.807, 2.05) is 0 Å². The molecule has 2 heteroatoms. The van der Waals surface area contributed by atoms with Crippen LogP contribution in [-0.4, -0.2) is 37.6 Å². The fourth-order valence-corrected chi connectivity index (χ4v) is 2.31. The van der Waals surface area contributed by atoms with Crippen LogP contribution in [-0.2, 0) is 0 Å². The van der Waals surface area contributed by atoms with E-state index in [0.717, 1.165) is 5.92 Å². The van der Waals surface area contributed by atoms with E-state index in [0.29, 0.717) is 0 Å². The highest BCUT2D eigenvalue weighted by molar-refractivity contribution is 5.46. The van der Waals surface area contributed by atoms with Crippen molar-refractivity contribution in [2.75, 3.05) is 37.6 Å². The van der Waals surface area contributed by atoms with E-state index in [-0.39, 0.29) is 0 Å². The molecular weight excluding hydrogens is 208 g/mol. The molecule has 0 atom stereocenters. The van der Waals surface area contributed by atoms with Crippen molar-refractivity contribution in [2.45, 2.75) is 20.3 Å². The van der Waals surface area contributed by atoms with Gasteiger partial charge in [0.1, 0.15) is 0 Å². The second-order valence-corrected chi connectivity index (χ2v) is 5.35. The molecule has 0 radical (unpaired) electrons. The topological polar surface area (TPSA) is 6.48 Å². The Kier molecular flexibility index (Phi) is 4.43. The summed E-state index contributed by atoms with van der Waals surface area (Å²) in [6, 6.07) is 10.8. The summed E-state index contributed by atoms with van der Waals surface area (Å²) in [6.45, 7) is 10.6. The minimum atomic E-state index is 0.821. The molecule has 17 heavy (non-hydrogen) atoms. The third-order valence-corrected chi connectivity index (χ3v) is 3.52. The van der Waals surface area contributed by atoms with E-state index in [2.05, 4.69) is 54.0 Å². The van der Waals surface area contributed by atoms with Crippen LogP contribution in [0.25, 0.3) is 0 Å². The fourth-order valence-electron chi connectivity index (χ4n) is 2.31. The van der Waals surface area contributed by atoms with Crippen molar-refractivity contribution in [2.24, 2.45) is 5.92 Å². The number of piperazine rings is 1. The Morgan fingerprint density at radius 1 is 1.00 bits per heavy atom. The van der Waals surface area contributed by atoms with E-state index < -0.39 is 0 Å².